The molecule has 0 saturated heterocycles. The molecule has 1 aromatic heterocycles. The molecule has 0 bridgehead atoms. The van der Waals surface area contributed by atoms with Gasteiger partial charge in [0.2, 0.25) is 0 Å². The minimum absolute atomic E-state index is 0.131. The molecule has 0 radical (unpaired) electrons. The second-order valence-corrected chi connectivity index (χ2v) is 7.61. The molecule has 1 aliphatic heterocycles. The molecule has 182 valence electrons. The van der Waals surface area contributed by atoms with Gasteiger partial charge in [-0.05, 0) is 48.6 Å². The maximum absolute atomic E-state index is 13.7. The first-order valence-corrected chi connectivity index (χ1v) is 10.5. The number of aromatic nitrogens is 2. The highest BCUT2D eigenvalue weighted by Crippen LogP contribution is 2.29. The van der Waals surface area contributed by atoms with Crippen molar-refractivity contribution in [2.75, 3.05) is 31.8 Å². The van der Waals surface area contributed by atoms with E-state index in [4.69, 9.17) is 15.2 Å². The lowest BCUT2D eigenvalue weighted by molar-refractivity contribution is -0.178. The number of nitrogens with one attached hydrogen (secondary N) is 1. The molecule has 3 N–H and O–H groups in total. The van der Waals surface area contributed by atoms with E-state index in [2.05, 4.69) is 15.3 Å². The van der Waals surface area contributed by atoms with Crippen molar-refractivity contribution in [1.82, 2.24) is 9.55 Å². The second kappa shape index (κ2) is 9.63. The van der Waals surface area contributed by atoms with Crippen molar-refractivity contribution in [2.45, 2.75) is 12.4 Å². The van der Waals surface area contributed by atoms with Crippen LogP contribution in [0.15, 0.2) is 58.3 Å². The van der Waals surface area contributed by atoms with Gasteiger partial charge in [-0.25, -0.2) is 4.98 Å². The van der Waals surface area contributed by atoms with Gasteiger partial charge in [0.15, 0.2) is 0 Å². The van der Waals surface area contributed by atoms with Crippen LogP contribution < -0.4 is 21.3 Å². The first-order valence-electron chi connectivity index (χ1n) is 10.5. The number of aliphatic imine (C=N–C) groups is 1. The van der Waals surface area contributed by atoms with Crippen LogP contribution in [0.25, 0.3) is 23.0 Å². The van der Waals surface area contributed by atoms with Gasteiger partial charge >= 0.3 is 6.18 Å². The van der Waals surface area contributed by atoms with Crippen LogP contribution in [0, 0.1) is 0 Å². The fourth-order valence-electron chi connectivity index (χ4n) is 3.58. The fourth-order valence-corrected chi connectivity index (χ4v) is 3.58. The zero-order chi connectivity index (χ0) is 25.2. The Kier molecular flexibility index (Phi) is 6.61. The van der Waals surface area contributed by atoms with E-state index in [1.807, 2.05) is 0 Å². The molecular weight excluding hydrogens is 463 g/mol. The van der Waals surface area contributed by atoms with E-state index < -0.39 is 24.6 Å². The van der Waals surface area contributed by atoms with Crippen molar-refractivity contribution in [3.05, 3.63) is 70.2 Å². The Bertz CT molecular complexity index is 1350. The minimum atomic E-state index is -4.50. The summed E-state index contributed by atoms with van der Waals surface area (Å²) in [5, 5.41) is 2.84. The van der Waals surface area contributed by atoms with Crippen molar-refractivity contribution in [3.63, 3.8) is 0 Å². The van der Waals surface area contributed by atoms with Gasteiger partial charge in [-0.1, -0.05) is 6.07 Å². The summed E-state index contributed by atoms with van der Waals surface area (Å²) >= 11 is 0. The Balaban J connectivity index is 1.87. The third-order valence-electron chi connectivity index (χ3n) is 5.20. The molecule has 3 aromatic rings. The SMILES string of the molecule is CN=Cc1cc(-c2nc3c(n(-c4ccc(OC)cc4)c2=O)NC(OCC(F)(F)F)C=C3)ccc1N. The molecular formula is C24H22F3N5O3. The average Bonchev–Trinajstić information content (AvgIpc) is 2.83. The molecule has 8 nitrogen and oxygen atoms in total. The number of hydrogen-bond acceptors (Lipinski definition) is 7. The molecule has 4 rings (SSSR count). The van der Waals surface area contributed by atoms with Crippen LogP contribution in [0.4, 0.5) is 24.7 Å². The van der Waals surface area contributed by atoms with Crippen molar-refractivity contribution in [1.29, 1.82) is 0 Å². The number of nitrogens with zero attached hydrogens (tertiary/aromatic N) is 3. The molecule has 1 unspecified atom stereocenters. The van der Waals surface area contributed by atoms with Crippen molar-refractivity contribution in [3.8, 4) is 22.7 Å². The van der Waals surface area contributed by atoms with Crippen LogP contribution in [-0.2, 0) is 4.74 Å². The topological polar surface area (TPSA) is 104 Å². The predicted molar refractivity (Wildman–Crippen MR) is 128 cm³/mol. The van der Waals surface area contributed by atoms with Crippen LogP contribution in [0.2, 0.25) is 0 Å². The van der Waals surface area contributed by atoms with Gasteiger partial charge in [-0.2, -0.15) is 13.2 Å². The lowest BCUT2D eigenvalue weighted by atomic mass is 10.1. The number of fused-ring (bicyclic) bond motifs is 1. The summed E-state index contributed by atoms with van der Waals surface area (Å²) in [5.74, 6) is 0.774. The quantitative estimate of drug-likeness (QED) is 0.406. The van der Waals surface area contributed by atoms with Crippen molar-refractivity contribution in [2.24, 2.45) is 4.99 Å². The number of methoxy groups -OCH3 is 1. The van der Waals surface area contributed by atoms with E-state index in [1.54, 1.807) is 55.7 Å². The largest absolute Gasteiger partial charge is 0.497 e. The molecule has 0 saturated carbocycles. The monoisotopic (exact) mass is 485 g/mol. The highest BCUT2D eigenvalue weighted by molar-refractivity contribution is 5.89. The lowest BCUT2D eigenvalue weighted by Gasteiger charge is -2.26. The molecule has 2 aromatic carbocycles. The van der Waals surface area contributed by atoms with Crippen LogP contribution in [-0.4, -0.2) is 48.9 Å². The zero-order valence-electron chi connectivity index (χ0n) is 18.8. The van der Waals surface area contributed by atoms with E-state index in [0.29, 0.717) is 33.9 Å². The summed E-state index contributed by atoms with van der Waals surface area (Å²) in [7, 11) is 3.12. The van der Waals surface area contributed by atoms with Gasteiger partial charge in [0.1, 0.15) is 35.8 Å². The average molecular weight is 485 g/mol. The van der Waals surface area contributed by atoms with E-state index in [9.17, 15) is 18.0 Å². The molecule has 1 atom stereocenters. The van der Waals surface area contributed by atoms with E-state index in [-0.39, 0.29) is 11.5 Å². The molecule has 0 fully saturated rings. The van der Waals surface area contributed by atoms with Gasteiger partial charge in [0.25, 0.3) is 5.56 Å². The Morgan fingerprint density at radius 3 is 2.63 bits per heavy atom. The normalized spacial score (nSPS) is 15.2. The van der Waals surface area contributed by atoms with Crippen LogP contribution in [0.3, 0.4) is 0 Å². The Hall–Kier alpha value is -4.12. The lowest BCUT2D eigenvalue weighted by Crippen LogP contribution is -2.34. The summed E-state index contributed by atoms with van der Waals surface area (Å²) in [4.78, 5) is 22.2. The van der Waals surface area contributed by atoms with Gasteiger partial charge in [-0.3, -0.25) is 14.4 Å². The van der Waals surface area contributed by atoms with E-state index >= 15 is 0 Å². The molecule has 1 aliphatic rings. The number of hydrogen-bond donors (Lipinski definition) is 2. The van der Waals surface area contributed by atoms with Crippen LogP contribution >= 0.6 is 0 Å². The van der Waals surface area contributed by atoms with Gasteiger partial charge in [-0.15, -0.1) is 0 Å². The number of alkyl halides is 3. The molecule has 35 heavy (non-hydrogen) atoms. The fraction of sp³-hybridized carbons (Fsp3) is 0.208. The highest BCUT2D eigenvalue weighted by atomic mass is 19.4. The highest BCUT2D eigenvalue weighted by Gasteiger charge is 2.30. The van der Waals surface area contributed by atoms with Crippen molar-refractivity contribution < 1.29 is 22.6 Å². The smallest absolute Gasteiger partial charge is 0.411 e. The summed E-state index contributed by atoms with van der Waals surface area (Å²) < 4.78 is 49.5. The number of ether oxygens (including phenoxy) is 2. The zero-order valence-corrected chi connectivity index (χ0v) is 18.8. The molecule has 0 aliphatic carbocycles. The number of nitrogen functional groups attached to an aromatic ring is 1. The maximum Gasteiger partial charge on any atom is 0.411 e. The molecule has 0 spiro atoms. The Morgan fingerprint density at radius 2 is 1.97 bits per heavy atom. The standard InChI is InChI=1S/C24H22F3N5O3/c1-29-12-15-11-14(3-8-18(15)28)21-23(33)32(16-4-6-17(34-2)7-5-16)22-19(30-21)9-10-20(31-22)35-13-24(25,26)27/h3-12,20,31H,13,28H2,1-2H3. The minimum Gasteiger partial charge on any atom is -0.497 e. The first-order chi connectivity index (χ1) is 16.7. The van der Waals surface area contributed by atoms with Gasteiger partial charge in [0, 0.05) is 30.1 Å². The Morgan fingerprint density at radius 1 is 1.23 bits per heavy atom. The van der Waals surface area contributed by atoms with Crippen LogP contribution in [0.5, 0.6) is 5.75 Å². The summed E-state index contributed by atoms with van der Waals surface area (Å²) in [5.41, 5.74) is 8.06. The molecule has 0 amide bonds. The predicted octanol–water partition coefficient (Wildman–Crippen LogP) is 3.88. The third-order valence-corrected chi connectivity index (χ3v) is 5.20. The third kappa shape index (κ3) is 5.19. The number of nitrogens with two attached hydrogens (primary N) is 1. The molecule has 2 heterocycles. The number of rotatable bonds is 6. The summed E-state index contributed by atoms with van der Waals surface area (Å²) in [6, 6.07) is 11.7. The van der Waals surface area contributed by atoms with E-state index in [0.717, 1.165) is 0 Å². The maximum atomic E-state index is 13.7. The summed E-state index contributed by atoms with van der Waals surface area (Å²) in [6.07, 6.45) is -1.11. The summed E-state index contributed by atoms with van der Waals surface area (Å²) in [6.45, 7) is -1.45. The first kappa shape index (κ1) is 24.0. The van der Waals surface area contributed by atoms with Crippen LogP contribution in [0.1, 0.15) is 11.3 Å². The van der Waals surface area contributed by atoms with E-state index in [1.165, 1.54) is 23.8 Å². The number of halogens is 3. The number of anilines is 2. The van der Waals surface area contributed by atoms with Crippen molar-refractivity contribution >= 4 is 23.8 Å². The van der Waals surface area contributed by atoms with Gasteiger partial charge < -0.3 is 20.5 Å². The molecule has 11 heteroatoms. The van der Waals surface area contributed by atoms with Gasteiger partial charge in [0.05, 0.1) is 12.8 Å². The second-order valence-electron chi connectivity index (χ2n) is 7.61. The number of benzene rings is 2. The Labute approximate surface area is 198 Å².